The third-order valence-corrected chi connectivity index (χ3v) is 10.9. The molecular formula is C30H45N7O3SSi. The molecule has 1 fully saturated rings. The van der Waals surface area contributed by atoms with Crippen LogP contribution in [0.5, 0.6) is 0 Å². The highest BCUT2D eigenvalue weighted by atomic mass is 32.2. The number of likely N-dealkylation sites (tertiary alicyclic amines) is 1. The molecule has 1 aromatic carbocycles. The number of amides is 1. The SMILES string of the molecule is CC(=O)N1CCC(Nc2ncnc3c(SC[C@H](O)CN4CCc5ccccc5C4)nn(COCC[Si](C)(C)C)c23)CC1. The predicted molar refractivity (Wildman–Crippen MR) is 170 cm³/mol. The lowest BCUT2D eigenvalue weighted by Gasteiger charge is -2.32. The molecular weight excluding hydrogens is 567 g/mol. The number of β-amino-alcohol motifs (C(OH)–C–C–N with tert-alkyl or cyclic N) is 1. The maximum absolute atomic E-state index is 11.8. The minimum atomic E-state index is -1.22. The lowest BCUT2D eigenvalue weighted by atomic mass is 10.00. The molecule has 2 aromatic heterocycles. The fourth-order valence-corrected chi connectivity index (χ4v) is 7.24. The Hall–Kier alpha value is -2.51. The fraction of sp³-hybridized carbons (Fsp3) is 0.600. The van der Waals surface area contributed by atoms with Crippen molar-refractivity contribution in [1.29, 1.82) is 0 Å². The number of aliphatic hydroxyl groups excluding tert-OH is 1. The Bertz CT molecular complexity index is 1360. The standard InChI is InChI=1S/C30H45N7O3SSi/c1-22(38)36-13-10-25(11-14-36)33-29-28-27(31-20-32-29)30(34-37(28)21-40-15-16-42(2,3)4)41-19-26(39)18-35-12-9-23-7-5-6-8-24(23)17-35/h5-8,20,25-26,39H,9-19,21H2,1-4H3,(H,31,32,33)/t26-/m1/s1. The summed E-state index contributed by atoms with van der Waals surface area (Å²) in [5.41, 5.74) is 4.36. The number of nitrogens with one attached hydrogen (secondary N) is 1. The number of nitrogens with zero attached hydrogens (tertiary/aromatic N) is 6. The Balaban J connectivity index is 1.27. The van der Waals surface area contributed by atoms with Crippen molar-refractivity contribution in [2.24, 2.45) is 0 Å². The van der Waals surface area contributed by atoms with Gasteiger partial charge in [0.15, 0.2) is 5.82 Å². The van der Waals surface area contributed by atoms with Gasteiger partial charge in [-0.25, -0.2) is 14.6 Å². The maximum atomic E-state index is 11.8. The molecule has 0 radical (unpaired) electrons. The van der Waals surface area contributed by atoms with Crippen LogP contribution in [0.1, 0.15) is 30.9 Å². The molecule has 5 rings (SSSR count). The summed E-state index contributed by atoms with van der Waals surface area (Å²) in [6.07, 6.45) is 3.84. The van der Waals surface area contributed by atoms with E-state index in [1.54, 1.807) is 13.3 Å². The molecule has 2 aliphatic rings. The van der Waals surface area contributed by atoms with Crippen LogP contribution in [0.2, 0.25) is 25.7 Å². The number of aliphatic hydroxyl groups is 1. The number of anilines is 1. The van der Waals surface area contributed by atoms with E-state index in [0.717, 1.165) is 73.4 Å². The van der Waals surface area contributed by atoms with Crippen LogP contribution in [-0.2, 0) is 29.2 Å². The van der Waals surface area contributed by atoms with Gasteiger partial charge in [0.25, 0.3) is 0 Å². The predicted octanol–water partition coefficient (Wildman–Crippen LogP) is 4.07. The number of fused-ring (bicyclic) bond motifs is 2. The molecule has 12 heteroatoms. The highest BCUT2D eigenvalue weighted by Gasteiger charge is 2.25. The van der Waals surface area contributed by atoms with Gasteiger partial charge in [0.05, 0.1) is 6.10 Å². The van der Waals surface area contributed by atoms with Gasteiger partial charge in [-0.05, 0) is 36.4 Å². The van der Waals surface area contributed by atoms with Crippen LogP contribution in [0.3, 0.4) is 0 Å². The van der Waals surface area contributed by atoms with Crippen LogP contribution in [0.25, 0.3) is 11.0 Å². The van der Waals surface area contributed by atoms with Crippen molar-refractivity contribution in [3.8, 4) is 0 Å². The summed E-state index contributed by atoms with van der Waals surface area (Å²) < 4.78 is 7.96. The number of hydrogen-bond donors (Lipinski definition) is 2. The summed E-state index contributed by atoms with van der Waals surface area (Å²) in [6, 6.07) is 9.87. The van der Waals surface area contributed by atoms with Crippen molar-refractivity contribution in [2.45, 2.75) is 82.3 Å². The quantitative estimate of drug-likeness (QED) is 0.178. The van der Waals surface area contributed by atoms with Gasteiger partial charge >= 0.3 is 0 Å². The summed E-state index contributed by atoms with van der Waals surface area (Å²) in [6.45, 7) is 13.6. The van der Waals surface area contributed by atoms with Crippen LogP contribution in [0, 0.1) is 0 Å². The summed E-state index contributed by atoms with van der Waals surface area (Å²) >= 11 is 1.54. The number of aromatic nitrogens is 4. The number of hydrogen-bond acceptors (Lipinski definition) is 9. The minimum absolute atomic E-state index is 0.125. The van der Waals surface area contributed by atoms with Gasteiger partial charge < -0.3 is 20.1 Å². The van der Waals surface area contributed by atoms with E-state index in [1.807, 2.05) is 9.58 Å². The van der Waals surface area contributed by atoms with E-state index in [4.69, 9.17) is 9.84 Å². The topological polar surface area (TPSA) is 109 Å². The number of thioether (sulfide) groups is 1. The second-order valence-corrected chi connectivity index (χ2v) is 19.3. The van der Waals surface area contributed by atoms with E-state index in [1.165, 1.54) is 22.9 Å². The zero-order chi connectivity index (χ0) is 29.7. The fourth-order valence-electron chi connectivity index (χ4n) is 5.58. The van der Waals surface area contributed by atoms with E-state index in [-0.39, 0.29) is 11.9 Å². The van der Waals surface area contributed by atoms with Crippen molar-refractivity contribution in [1.82, 2.24) is 29.5 Å². The summed E-state index contributed by atoms with van der Waals surface area (Å²) in [5.74, 6) is 1.39. The van der Waals surface area contributed by atoms with Gasteiger partial charge in [-0.3, -0.25) is 9.69 Å². The molecule has 1 saturated heterocycles. The zero-order valence-electron chi connectivity index (χ0n) is 25.4. The van der Waals surface area contributed by atoms with E-state index in [0.29, 0.717) is 25.6 Å². The Morgan fingerprint density at radius 2 is 1.93 bits per heavy atom. The summed E-state index contributed by atoms with van der Waals surface area (Å²) in [4.78, 5) is 25.2. The number of rotatable bonds is 12. The largest absolute Gasteiger partial charge is 0.391 e. The third-order valence-electron chi connectivity index (χ3n) is 8.08. The van der Waals surface area contributed by atoms with Gasteiger partial charge in [-0.15, -0.1) is 0 Å². The van der Waals surface area contributed by atoms with Crippen LogP contribution >= 0.6 is 11.8 Å². The van der Waals surface area contributed by atoms with Crippen molar-refractivity contribution in [2.75, 3.05) is 43.9 Å². The van der Waals surface area contributed by atoms with Crippen molar-refractivity contribution in [3.05, 3.63) is 41.7 Å². The van der Waals surface area contributed by atoms with Gasteiger partial charge in [-0.2, -0.15) is 5.10 Å². The first-order valence-electron chi connectivity index (χ1n) is 15.1. The number of benzene rings is 1. The van der Waals surface area contributed by atoms with Crippen LogP contribution < -0.4 is 5.32 Å². The molecule has 2 aliphatic heterocycles. The first-order valence-corrected chi connectivity index (χ1v) is 19.8. The second-order valence-electron chi connectivity index (χ2n) is 12.7. The first kappa shape index (κ1) is 30.9. The minimum Gasteiger partial charge on any atom is -0.391 e. The number of carbonyl (C=O) groups is 1. The van der Waals surface area contributed by atoms with Crippen molar-refractivity contribution in [3.63, 3.8) is 0 Å². The molecule has 0 bridgehead atoms. The van der Waals surface area contributed by atoms with E-state index in [9.17, 15) is 9.90 Å². The molecule has 0 spiro atoms. The number of ether oxygens (including phenoxy) is 1. The molecule has 42 heavy (non-hydrogen) atoms. The molecule has 0 unspecified atom stereocenters. The van der Waals surface area contributed by atoms with E-state index >= 15 is 0 Å². The van der Waals surface area contributed by atoms with Gasteiger partial charge in [0.2, 0.25) is 5.91 Å². The monoisotopic (exact) mass is 611 g/mol. The Morgan fingerprint density at radius 1 is 1.17 bits per heavy atom. The average Bonchev–Trinajstić information content (AvgIpc) is 3.32. The molecule has 0 saturated carbocycles. The van der Waals surface area contributed by atoms with Gasteiger partial charge in [0, 0.05) is 66.1 Å². The van der Waals surface area contributed by atoms with E-state index < -0.39 is 14.2 Å². The van der Waals surface area contributed by atoms with Crippen LogP contribution in [0.4, 0.5) is 5.82 Å². The lowest BCUT2D eigenvalue weighted by molar-refractivity contribution is -0.129. The molecule has 2 N–H and O–H groups in total. The van der Waals surface area contributed by atoms with Gasteiger partial charge in [-0.1, -0.05) is 55.7 Å². The average molecular weight is 612 g/mol. The Morgan fingerprint density at radius 3 is 2.67 bits per heavy atom. The van der Waals surface area contributed by atoms with Gasteiger partial charge in [0.1, 0.15) is 29.1 Å². The normalized spacial score (nSPS) is 17.4. The summed E-state index contributed by atoms with van der Waals surface area (Å²) in [7, 11) is -1.22. The van der Waals surface area contributed by atoms with Crippen LogP contribution in [0.15, 0.2) is 35.6 Å². The number of piperidine rings is 1. The molecule has 10 nitrogen and oxygen atoms in total. The molecule has 3 aromatic rings. The van der Waals surface area contributed by atoms with E-state index in [2.05, 4.69) is 64.1 Å². The highest BCUT2D eigenvalue weighted by molar-refractivity contribution is 7.99. The summed E-state index contributed by atoms with van der Waals surface area (Å²) in [5, 5.41) is 20.3. The molecule has 4 heterocycles. The maximum Gasteiger partial charge on any atom is 0.219 e. The Labute approximate surface area is 254 Å². The lowest BCUT2D eigenvalue weighted by Crippen LogP contribution is -2.41. The number of carbonyl (C=O) groups excluding carboxylic acids is 1. The Kier molecular flexibility index (Phi) is 10.2. The smallest absolute Gasteiger partial charge is 0.219 e. The van der Waals surface area contributed by atoms with Crippen molar-refractivity contribution < 1.29 is 14.6 Å². The first-order chi connectivity index (χ1) is 20.2. The molecule has 0 aliphatic carbocycles. The third kappa shape index (κ3) is 8.10. The van der Waals surface area contributed by atoms with Crippen LogP contribution in [-0.4, -0.2) is 99.3 Å². The highest BCUT2D eigenvalue weighted by Crippen LogP contribution is 2.31. The zero-order valence-corrected chi connectivity index (χ0v) is 27.2. The molecule has 1 atom stereocenters. The molecule has 1 amide bonds. The second kappa shape index (κ2) is 13.9. The molecule has 228 valence electrons. The van der Waals surface area contributed by atoms with Crippen molar-refractivity contribution >= 4 is 42.6 Å².